The van der Waals surface area contributed by atoms with Crippen LogP contribution in [0.1, 0.15) is 94.2 Å². The maximum Gasteiger partial charge on any atom is 0.125 e. The first kappa shape index (κ1) is 91.2. The van der Waals surface area contributed by atoms with Crippen molar-refractivity contribution in [2.45, 2.75) is 116 Å². The van der Waals surface area contributed by atoms with Crippen molar-refractivity contribution in [2.24, 2.45) is 0 Å². The fraction of sp³-hybridized carbons (Fsp3) is 0.130. The summed E-state index contributed by atoms with van der Waals surface area (Å²) in [6, 6.07) is 164. The van der Waals surface area contributed by atoms with E-state index < -0.39 is 8.07 Å². The smallest absolute Gasteiger partial charge is 0.125 e. The third-order valence-electron chi connectivity index (χ3n) is 31.8. The van der Waals surface area contributed by atoms with Gasteiger partial charge in [0.05, 0.1) is 42.2 Å². The molecule has 0 radical (unpaired) electrons. The highest BCUT2D eigenvalue weighted by molar-refractivity contribution is 6.90. The summed E-state index contributed by atoms with van der Waals surface area (Å²) in [5.41, 5.74) is 36.8. The van der Waals surface area contributed by atoms with Crippen LogP contribution in [0.25, 0.3) is 97.0 Å². The van der Waals surface area contributed by atoms with E-state index in [1.165, 1.54) is 154 Å². The van der Waals surface area contributed by atoms with Gasteiger partial charge in [-0.2, -0.15) is 0 Å². The zero-order chi connectivity index (χ0) is 99.7. The summed E-state index contributed by atoms with van der Waals surface area (Å²) in [6.45, 7) is 22.0. The van der Waals surface area contributed by atoms with E-state index >= 15 is 0 Å². The van der Waals surface area contributed by atoms with Crippen LogP contribution in [0.4, 0.5) is 108 Å². The summed E-state index contributed by atoms with van der Waals surface area (Å²) in [6.07, 6.45) is 6.35. The van der Waals surface area contributed by atoms with Crippen molar-refractivity contribution < 1.29 is 5.11 Å². The number of aromatic hydroxyl groups is 1. The quantitative estimate of drug-likeness (QED) is 0.0472. The molecular formula is C138H117N7OSi. The minimum Gasteiger partial charge on any atom is -0.507 e. The molecule has 0 bridgehead atoms. The number of para-hydroxylation sites is 12. The standard InChI is InChI=1S/C48H44N2Si.C45H37N3.C45H36N2O/c1-48(2)29-28-33-30-42(49(34-18-10-6-11-19-34)35-20-12-7-13-21-35)38-26-27-39-44(51(3,4)5)32-43(40-31-41(48)45(33)47(38)46(39)40)50(36-22-14-8-15-23-36)37-24-16-9-17-25-37;1-45(2)26-25-30-27-40(47(31-15-7-3-8-16-31)32-17-9-4-10-18-32)36-24-23-35-39(46)29-41(37-28-38(45)42(30)44(36)43(35)37)48(33-19-11-5-12-20-33)34-21-13-6-14-22-34;1-45(2)26-25-30-27-39(46(31-15-7-3-8-16-31)32-17-9-4-10-18-32)35-23-24-36-41(48)29-40(37-28-38(45)42(30)44(35)43(36)37)47(33-19-11-5-12-20-33)34-21-13-6-14-22-34/h6-27,30-32H,28-29H2,1-5H3;3-24,27-29H,25-26,46H2,1-2H3;3-24,27-29,48H,25-26H2,1-2H3. The first-order valence-electron chi connectivity index (χ1n) is 52.0. The number of rotatable bonds is 19. The molecule has 8 nitrogen and oxygen atoms in total. The van der Waals surface area contributed by atoms with Gasteiger partial charge in [-0.15, -0.1) is 0 Å². The first-order chi connectivity index (χ1) is 71.7. The van der Waals surface area contributed by atoms with E-state index in [1.54, 1.807) is 0 Å². The van der Waals surface area contributed by atoms with E-state index in [4.69, 9.17) is 5.73 Å². The zero-order valence-electron chi connectivity index (χ0n) is 84.8. The molecule has 147 heavy (non-hydrogen) atoms. The monoisotopic (exact) mass is 1920 g/mol. The van der Waals surface area contributed by atoms with Crippen LogP contribution in [0, 0.1) is 0 Å². The highest BCUT2D eigenvalue weighted by atomic mass is 28.3. The van der Waals surface area contributed by atoms with Crippen molar-refractivity contribution in [1.29, 1.82) is 0 Å². The molecule has 27 rings (SSSR count). The van der Waals surface area contributed by atoms with Gasteiger partial charge in [0, 0.05) is 150 Å². The maximum atomic E-state index is 11.9. The average Bonchev–Trinajstić information content (AvgIpc) is 0.696. The lowest BCUT2D eigenvalue weighted by molar-refractivity contribution is 0.475. The Bertz CT molecular complexity index is 8450. The van der Waals surface area contributed by atoms with Gasteiger partial charge >= 0.3 is 0 Å². The minimum atomic E-state index is -1.83. The van der Waals surface area contributed by atoms with Crippen molar-refractivity contribution in [1.82, 2.24) is 0 Å². The van der Waals surface area contributed by atoms with E-state index in [1.807, 2.05) is 6.07 Å². The Balaban J connectivity index is 0.000000115. The van der Waals surface area contributed by atoms with Crippen LogP contribution >= 0.6 is 0 Å². The summed E-state index contributed by atoms with van der Waals surface area (Å²) in [7, 11) is -1.83. The predicted octanol–water partition coefficient (Wildman–Crippen LogP) is 38.1. The van der Waals surface area contributed by atoms with Gasteiger partial charge in [0.25, 0.3) is 0 Å². The third-order valence-corrected chi connectivity index (χ3v) is 33.8. The van der Waals surface area contributed by atoms with Crippen molar-refractivity contribution >= 4 is 218 Å². The number of phenols is 1. The second kappa shape index (κ2) is 36.4. The predicted molar refractivity (Wildman–Crippen MR) is 632 cm³/mol. The fourth-order valence-electron chi connectivity index (χ4n) is 24.6. The van der Waals surface area contributed by atoms with Crippen molar-refractivity contribution in [3.05, 3.63) is 488 Å². The molecule has 0 fully saturated rings. The number of nitrogen functional groups attached to an aromatic ring is 1. The Morgan fingerprint density at radius 1 is 0.204 bits per heavy atom. The molecule has 3 aliphatic rings. The molecule has 0 aromatic heterocycles. The maximum absolute atomic E-state index is 11.9. The van der Waals surface area contributed by atoms with Crippen LogP contribution in [-0.4, -0.2) is 13.2 Å². The summed E-state index contributed by atoms with van der Waals surface area (Å²) in [4.78, 5) is 14.4. The number of nitrogens with zero attached hydrogens (tertiary/aromatic N) is 6. The Hall–Kier alpha value is -17.0. The van der Waals surface area contributed by atoms with Crippen LogP contribution < -0.4 is 40.3 Å². The van der Waals surface area contributed by atoms with Crippen LogP contribution in [-0.2, 0) is 35.5 Å². The number of anilines is 19. The van der Waals surface area contributed by atoms with Gasteiger partial charge in [-0.25, -0.2) is 0 Å². The lowest BCUT2D eigenvalue weighted by atomic mass is 9.70. The molecule has 0 spiro atoms. The van der Waals surface area contributed by atoms with E-state index in [0.717, 1.165) is 128 Å². The Kier molecular flexibility index (Phi) is 22.6. The molecule has 0 saturated carbocycles. The minimum absolute atomic E-state index is 0.0146. The second-order valence-electron chi connectivity index (χ2n) is 43.2. The number of nitrogens with two attached hydrogens (primary N) is 1. The van der Waals surface area contributed by atoms with Gasteiger partial charge in [-0.05, 0) is 315 Å². The van der Waals surface area contributed by atoms with Gasteiger partial charge in [0.15, 0.2) is 0 Å². The SMILES string of the molecule is CC1(C)CCc2cc(N(c3ccccc3)c3ccccc3)c3ccc4c(N)cc(N(c5ccccc5)c5ccccc5)c5cc1c2c3c45.CC1(C)CCc2cc(N(c3ccccc3)c3ccccc3)c3ccc4c(O)cc(N(c5ccccc5)c5ccccc5)c5cc1c2c3c45.CC1(C)CCc2cc(N(c3ccccc3)c3ccccc3)c3ccc4c([Si](C)(C)C)cc(N(c5ccccc5)c5ccccc5)c5cc1c2c3c54. The Morgan fingerprint density at radius 3 is 0.646 bits per heavy atom. The van der Waals surface area contributed by atoms with Gasteiger partial charge in [0.1, 0.15) is 5.75 Å². The van der Waals surface area contributed by atoms with Gasteiger partial charge in [0.2, 0.25) is 0 Å². The van der Waals surface area contributed by atoms with Gasteiger partial charge in [-0.1, -0.05) is 315 Å². The normalized spacial score (nSPS) is 13.8. The molecular weight excluding hydrogens is 1800 g/mol. The van der Waals surface area contributed by atoms with Crippen LogP contribution in [0.5, 0.6) is 5.75 Å². The Labute approximate surface area is 862 Å². The molecule has 714 valence electrons. The molecule has 0 aliphatic heterocycles. The molecule has 24 aromatic rings. The summed E-state index contributed by atoms with van der Waals surface area (Å²) >= 11 is 0. The number of hydrogen-bond acceptors (Lipinski definition) is 8. The summed E-state index contributed by atoms with van der Waals surface area (Å²) < 4.78 is 0. The number of hydrogen-bond donors (Lipinski definition) is 2. The Morgan fingerprint density at radius 2 is 0.401 bits per heavy atom. The highest BCUT2D eigenvalue weighted by Gasteiger charge is 2.40. The van der Waals surface area contributed by atoms with Crippen LogP contribution in [0.3, 0.4) is 0 Å². The van der Waals surface area contributed by atoms with E-state index in [2.05, 4.69) is 539 Å². The first-order valence-corrected chi connectivity index (χ1v) is 55.5. The fourth-order valence-corrected chi connectivity index (χ4v) is 26.2. The zero-order valence-corrected chi connectivity index (χ0v) is 85.8. The van der Waals surface area contributed by atoms with Gasteiger partial charge in [-0.3, -0.25) is 0 Å². The van der Waals surface area contributed by atoms with E-state index in [0.29, 0.717) is 0 Å². The van der Waals surface area contributed by atoms with Crippen LogP contribution in [0.2, 0.25) is 19.6 Å². The number of benzene rings is 24. The molecule has 0 unspecified atom stereocenters. The van der Waals surface area contributed by atoms with E-state index in [-0.39, 0.29) is 22.0 Å². The largest absolute Gasteiger partial charge is 0.507 e. The molecule has 9 heteroatoms. The molecule has 3 N–H and O–H groups in total. The molecule has 0 saturated heterocycles. The topological polar surface area (TPSA) is 65.7 Å². The number of phenolic OH excluding ortho intramolecular Hbond substituents is 1. The summed E-state index contributed by atoms with van der Waals surface area (Å²) in [5.74, 6) is 0.288. The van der Waals surface area contributed by atoms with Crippen molar-refractivity contribution in [3.8, 4) is 5.75 Å². The molecule has 3 aliphatic carbocycles. The third kappa shape index (κ3) is 15.7. The second-order valence-corrected chi connectivity index (χ2v) is 48.3. The lowest BCUT2D eigenvalue weighted by Crippen LogP contribution is -2.38. The molecule has 0 heterocycles. The lowest BCUT2D eigenvalue weighted by Gasteiger charge is -2.37. The van der Waals surface area contributed by atoms with Gasteiger partial charge < -0.3 is 40.2 Å². The highest BCUT2D eigenvalue weighted by Crippen LogP contribution is 2.60. The molecule has 24 aromatic carbocycles. The molecule has 0 amide bonds. The van der Waals surface area contributed by atoms with Crippen LogP contribution in [0.15, 0.2) is 455 Å². The number of aryl methyl sites for hydroxylation is 3. The van der Waals surface area contributed by atoms with E-state index in [9.17, 15) is 5.11 Å². The van der Waals surface area contributed by atoms with Crippen molar-refractivity contribution in [2.75, 3.05) is 35.1 Å². The molecule has 0 atom stereocenters. The van der Waals surface area contributed by atoms with Crippen molar-refractivity contribution in [3.63, 3.8) is 0 Å². The summed E-state index contributed by atoms with van der Waals surface area (Å²) in [5, 5.41) is 36.1. The average molecular weight is 1920 g/mol.